The van der Waals surface area contributed by atoms with E-state index in [1.165, 1.54) is 31.5 Å². The van der Waals surface area contributed by atoms with Crippen molar-refractivity contribution < 1.29 is 28.9 Å². The number of aliphatic hydroxyl groups is 1. The highest BCUT2D eigenvalue weighted by Gasteiger charge is 2.29. The van der Waals surface area contributed by atoms with E-state index in [0.29, 0.717) is 5.52 Å². The van der Waals surface area contributed by atoms with E-state index in [9.17, 15) is 24.2 Å². The third-order valence-electron chi connectivity index (χ3n) is 5.47. The first kappa shape index (κ1) is 24.5. The molecular weight excluding hydrogens is 453 g/mol. The first-order valence-electron chi connectivity index (χ1n) is 10.2. The van der Waals surface area contributed by atoms with Gasteiger partial charge in [0.1, 0.15) is 18.0 Å². The van der Waals surface area contributed by atoms with Crippen LogP contribution in [0.3, 0.4) is 0 Å². The third-order valence-corrected chi connectivity index (χ3v) is 5.76. The Kier molecular flexibility index (Phi) is 7.00. The van der Waals surface area contributed by atoms with E-state index in [0.717, 1.165) is 0 Å². The monoisotopic (exact) mass is 477 g/mol. The van der Waals surface area contributed by atoms with Gasteiger partial charge in [-0.25, -0.2) is 9.18 Å². The van der Waals surface area contributed by atoms with Crippen LogP contribution < -0.4 is 14.9 Å². The fourth-order valence-corrected chi connectivity index (χ4v) is 3.83. The SMILES string of the molecule is COc1cc2c(cc1OCc1cccc(Cl)c1F)c(=O)c(C(=O)O)cn2C(CO)C(C)(C)C. The standard InChI is InChI=1S/C24H25ClFNO6/c1-24(2,3)20(11-28)27-10-15(23(30)31)22(29)14-8-19(18(32-4)9-17(14)27)33-12-13-6-5-7-16(25)21(13)26/h5-10,20,28H,11-12H2,1-4H3,(H,30,31). The number of methoxy groups -OCH3 is 1. The topological polar surface area (TPSA) is 98.0 Å². The quantitative estimate of drug-likeness (QED) is 0.513. The van der Waals surface area contributed by atoms with Gasteiger partial charge in [-0.15, -0.1) is 0 Å². The Bertz CT molecular complexity index is 1260. The van der Waals surface area contributed by atoms with Gasteiger partial charge in [0.05, 0.1) is 35.7 Å². The number of pyridine rings is 1. The highest BCUT2D eigenvalue weighted by Crippen LogP contribution is 2.37. The average molecular weight is 478 g/mol. The van der Waals surface area contributed by atoms with Crippen molar-refractivity contribution in [3.63, 3.8) is 0 Å². The summed E-state index contributed by atoms with van der Waals surface area (Å²) in [6, 6.07) is 6.90. The lowest BCUT2D eigenvalue weighted by atomic mass is 9.86. The fraction of sp³-hybridized carbons (Fsp3) is 0.333. The second-order valence-corrected chi connectivity index (χ2v) is 9.08. The number of aliphatic hydroxyl groups excluding tert-OH is 1. The van der Waals surface area contributed by atoms with Crippen LogP contribution in [0.25, 0.3) is 10.9 Å². The number of rotatable bonds is 7. The summed E-state index contributed by atoms with van der Waals surface area (Å²) in [5.41, 5.74) is -1.03. The van der Waals surface area contributed by atoms with Crippen molar-refractivity contribution >= 4 is 28.5 Å². The van der Waals surface area contributed by atoms with E-state index in [2.05, 4.69) is 0 Å². The molecule has 2 aromatic carbocycles. The molecule has 1 atom stereocenters. The van der Waals surface area contributed by atoms with Gasteiger partial charge >= 0.3 is 5.97 Å². The number of benzene rings is 2. The number of aromatic carboxylic acids is 1. The Morgan fingerprint density at radius 2 is 1.94 bits per heavy atom. The Morgan fingerprint density at radius 3 is 2.52 bits per heavy atom. The molecule has 0 saturated heterocycles. The summed E-state index contributed by atoms with van der Waals surface area (Å²) >= 11 is 5.82. The molecule has 1 heterocycles. The van der Waals surface area contributed by atoms with Gasteiger partial charge in [-0.2, -0.15) is 0 Å². The van der Waals surface area contributed by atoms with Crippen LogP contribution in [0.5, 0.6) is 11.5 Å². The van der Waals surface area contributed by atoms with Crippen molar-refractivity contribution in [1.29, 1.82) is 0 Å². The third kappa shape index (κ3) is 4.82. The van der Waals surface area contributed by atoms with Gasteiger partial charge in [-0.1, -0.05) is 44.5 Å². The van der Waals surface area contributed by atoms with Gasteiger partial charge in [-0.05, 0) is 17.5 Å². The summed E-state index contributed by atoms with van der Waals surface area (Å²) < 4.78 is 27.0. The molecule has 0 spiro atoms. The zero-order chi connectivity index (χ0) is 24.5. The number of carboxylic acids is 1. The average Bonchev–Trinajstić information content (AvgIpc) is 2.75. The van der Waals surface area contributed by atoms with Gasteiger partial charge in [0.25, 0.3) is 0 Å². The number of hydrogen-bond acceptors (Lipinski definition) is 5. The maximum Gasteiger partial charge on any atom is 0.341 e. The van der Waals surface area contributed by atoms with Crippen LogP contribution in [-0.4, -0.2) is 34.5 Å². The van der Waals surface area contributed by atoms with Crippen molar-refractivity contribution in [1.82, 2.24) is 4.57 Å². The van der Waals surface area contributed by atoms with Crippen LogP contribution in [0.4, 0.5) is 4.39 Å². The van der Waals surface area contributed by atoms with Crippen LogP contribution in [0.1, 0.15) is 42.7 Å². The lowest BCUT2D eigenvalue weighted by molar-refractivity contribution is 0.0692. The van der Waals surface area contributed by atoms with Gasteiger partial charge in [0, 0.05) is 17.8 Å². The molecule has 1 unspecified atom stereocenters. The lowest BCUT2D eigenvalue weighted by Gasteiger charge is -2.33. The van der Waals surface area contributed by atoms with Crippen LogP contribution in [0.2, 0.25) is 5.02 Å². The van der Waals surface area contributed by atoms with Crippen molar-refractivity contribution in [2.24, 2.45) is 5.41 Å². The number of nitrogens with zero attached hydrogens (tertiary/aromatic N) is 1. The number of halogens is 2. The minimum absolute atomic E-state index is 0.0483. The number of fused-ring (bicyclic) bond motifs is 1. The van der Waals surface area contributed by atoms with Crippen molar-refractivity contribution in [3.8, 4) is 11.5 Å². The Labute approximate surface area is 194 Å². The smallest absolute Gasteiger partial charge is 0.341 e. The highest BCUT2D eigenvalue weighted by molar-refractivity contribution is 6.30. The lowest BCUT2D eigenvalue weighted by Crippen LogP contribution is -2.30. The minimum atomic E-state index is -1.39. The molecule has 0 aliphatic rings. The summed E-state index contributed by atoms with van der Waals surface area (Å²) in [4.78, 5) is 24.8. The van der Waals surface area contributed by atoms with E-state index in [4.69, 9.17) is 21.1 Å². The van der Waals surface area contributed by atoms with Crippen molar-refractivity contribution in [2.75, 3.05) is 13.7 Å². The minimum Gasteiger partial charge on any atom is -0.493 e. The molecule has 0 fully saturated rings. The van der Waals surface area contributed by atoms with Crippen LogP contribution in [-0.2, 0) is 6.61 Å². The van der Waals surface area contributed by atoms with Gasteiger partial charge < -0.3 is 24.3 Å². The molecule has 7 nitrogen and oxygen atoms in total. The van der Waals surface area contributed by atoms with Gasteiger partial charge in [-0.3, -0.25) is 4.79 Å². The normalized spacial score (nSPS) is 12.6. The maximum absolute atomic E-state index is 14.3. The van der Waals surface area contributed by atoms with Gasteiger partial charge in [0.15, 0.2) is 11.5 Å². The number of carboxylic acid groups (broad SMARTS) is 1. The number of hydrogen-bond donors (Lipinski definition) is 2. The zero-order valence-corrected chi connectivity index (χ0v) is 19.4. The summed E-state index contributed by atoms with van der Waals surface area (Å²) in [6.07, 6.45) is 1.24. The Balaban J connectivity index is 2.22. The van der Waals surface area contributed by atoms with Crippen molar-refractivity contribution in [2.45, 2.75) is 33.4 Å². The number of carbonyl (C=O) groups is 1. The van der Waals surface area contributed by atoms with Crippen LogP contribution >= 0.6 is 11.6 Å². The fourth-order valence-electron chi connectivity index (χ4n) is 3.63. The molecule has 0 aliphatic heterocycles. The molecule has 0 radical (unpaired) electrons. The molecule has 0 saturated carbocycles. The predicted molar refractivity (Wildman–Crippen MR) is 123 cm³/mol. The largest absolute Gasteiger partial charge is 0.493 e. The van der Waals surface area contributed by atoms with E-state index < -0.39 is 34.2 Å². The molecule has 2 N–H and O–H groups in total. The molecule has 9 heteroatoms. The first-order chi connectivity index (χ1) is 15.5. The molecule has 3 rings (SSSR count). The molecule has 0 aliphatic carbocycles. The second kappa shape index (κ2) is 9.41. The van der Waals surface area contributed by atoms with Crippen LogP contribution in [0.15, 0.2) is 41.3 Å². The Hall–Kier alpha value is -3.10. The summed E-state index contributed by atoms with van der Waals surface area (Å²) in [7, 11) is 1.41. The molecule has 33 heavy (non-hydrogen) atoms. The maximum atomic E-state index is 14.3. The van der Waals surface area contributed by atoms with E-state index in [1.54, 1.807) is 16.7 Å². The molecule has 0 bridgehead atoms. The molecule has 0 amide bonds. The highest BCUT2D eigenvalue weighted by atomic mass is 35.5. The van der Waals surface area contributed by atoms with Crippen LogP contribution in [0, 0.1) is 11.2 Å². The second-order valence-electron chi connectivity index (χ2n) is 8.67. The molecule has 1 aromatic heterocycles. The summed E-state index contributed by atoms with van der Waals surface area (Å²) in [5, 5.41) is 19.7. The number of aromatic nitrogens is 1. The number of ether oxygens (including phenoxy) is 2. The van der Waals surface area contributed by atoms with E-state index in [-0.39, 0.29) is 40.7 Å². The molecule has 3 aromatic rings. The summed E-state index contributed by atoms with van der Waals surface area (Å²) in [5.74, 6) is -1.62. The van der Waals surface area contributed by atoms with Crippen molar-refractivity contribution in [3.05, 3.63) is 68.7 Å². The predicted octanol–water partition coefficient (Wildman–Crippen LogP) is 4.66. The van der Waals surface area contributed by atoms with E-state index >= 15 is 0 Å². The van der Waals surface area contributed by atoms with E-state index in [1.807, 2.05) is 20.8 Å². The Morgan fingerprint density at radius 1 is 1.24 bits per heavy atom. The molecular formula is C24H25ClFNO6. The summed E-state index contributed by atoms with van der Waals surface area (Å²) in [6.45, 7) is 5.21. The van der Waals surface area contributed by atoms with Gasteiger partial charge in [0.2, 0.25) is 5.43 Å². The molecule has 176 valence electrons. The zero-order valence-electron chi connectivity index (χ0n) is 18.7. The first-order valence-corrected chi connectivity index (χ1v) is 10.5.